The first kappa shape index (κ1) is 14.1. The number of carbonyl (C=O) groups excluding carboxylic acids is 1. The number of hydrogen-bond donors (Lipinski definition) is 3. The van der Waals surface area contributed by atoms with Crippen molar-refractivity contribution < 1.29 is 4.79 Å². The molecule has 0 aromatic carbocycles. The average molecular weight is 283 g/mol. The molecule has 1 amide bonds. The molecule has 1 saturated carbocycles. The van der Waals surface area contributed by atoms with Crippen LogP contribution in [0.3, 0.4) is 0 Å². The molecule has 4 N–H and O–H groups in total. The van der Waals surface area contributed by atoms with Crippen molar-refractivity contribution in [3.05, 3.63) is 22.8 Å². The minimum absolute atomic E-state index is 0.205. The third kappa shape index (κ3) is 2.98. The van der Waals surface area contributed by atoms with E-state index < -0.39 is 0 Å². The standard InChI is InChI=1S/C13H19ClN4O/c1-8(2)13(5-6-13)7-16-12(19)11-9(14)3-4-10(17-11)18-15/h3-4,8H,5-7,15H2,1-2H3,(H,16,19)(H,17,18). The van der Waals surface area contributed by atoms with E-state index in [0.29, 0.717) is 23.3 Å². The van der Waals surface area contributed by atoms with Crippen LogP contribution in [0.2, 0.25) is 5.02 Å². The molecule has 1 aliphatic rings. The maximum atomic E-state index is 12.1. The van der Waals surface area contributed by atoms with Crippen LogP contribution in [0.25, 0.3) is 0 Å². The molecule has 1 heterocycles. The van der Waals surface area contributed by atoms with Crippen LogP contribution in [0.15, 0.2) is 12.1 Å². The number of carbonyl (C=O) groups is 1. The van der Waals surface area contributed by atoms with Gasteiger partial charge in [0.15, 0.2) is 0 Å². The molecular formula is C13H19ClN4O. The molecule has 0 unspecified atom stereocenters. The Morgan fingerprint density at radius 2 is 2.21 bits per heavy atom. The topological polar surface area (TPSA) is 80.0 Å². The van der Waals surface area contributed by atoms with E-state index in [1.807, 2.05) is 0 Å². The zero-order valence-corrected chi connectivity index (χ0v) is 11.9. The number of hydrogen-bond acceptors (Lipinski definition) is 4. The van der Waals surface area contributed by atoms with E-state index in [0.717, 1.165) is 12.8 Å². The number of nitrogens with zero attached hydrogens (tertiary/aromatic N) is 1. The summed E-state index contributed by atoms with van der Waals surface area (Å²) in [4.78, 5) is 16.2. The van der Waals surface area contributed by atoms with Crippen LogP contribution in [-0.4, -0.2) is 17.4 Å². The van der Waals surface area contributed by atoms with Gasteiger partial charge in [-0.15, -0.1) is 0 Å². The van der Waals surface area contributed by atoms with Gasteiger partial charge in [-0.25, -0.2) is 10.8 Å². The van der Waals surface area contributed by atoms with Gasteiger partial charge in [0.1, 0.15) is 11.5 Å². The van der Waals surface area contributed by atoms with Crippen LogP contribution in [0, 0.1) is 11.3 Å². The second kappa shape index (κ2) is 5.35. The number of pyridine rings is 1. The van der Waals surface area contributed by atoms with Crippen molar-refractivity contribution in [1.82, 2.24) is 10.3 Å². The van der Waals surface area contributed by atoms with Crippen molar-refractivity contribution in [3.8, 4) is 0 Å². The van der Waals surface area contributed by atoms with Crippen molar-refractivity contribution >= 4 is 23.3 Å². The molecule has 6 heteroatoms. The van der Waals surface area contributed by atoms with Crippen molar-refractivity contribution in [2.24, 2.45) is 17.2 Å². The highest BCUT2D eigenvalue weighted by Gasteiger charge is 2.45. The molecule has 0 spiro atoms. The van der Waals surface area contributed by atoms with E-state index in [4.69, 9.17) is 17.4 Å². The lowest BCUT2D eigenvalue weighted by atomic mass is 9.92. The monoisotopic (exact) mass is 282 g/mol. The summed E-state index contributed by atoms with van der Waals surface area (Å²) in [5.41, 5.74) is 2.86. The third-order valence-corrected chi connectivity index (χ3v) is 4.23. The molecule has 0 saturated heterocycles. The molecule has 0 bridgehead atoms. The van der Waals surface area contributed by atoms with Crippen molar-refractivity contribution in [3.63, 3.8) is 0 Å². The summed E-state index contributed by atoms with van der Waals surface area (Å²) in [7, 11) is 0. The van der Waals surface area contributed by atoms with Gasteiger partial charge in [0.05, 0.1) is 5.02 Å². The fourth-order valence-electron chi connectivity index (χ4n) is 2.14. The molecule has 0 aliphatic heterocycles. The Hall–Kier alpha value is -1.33. The fourth-order valence-corrected chi connectivity index (χ4v) is 2.33. The largest absolute Gasteiger partial charge is 0.350 e. The van der Waals surface area contributed by atoms with Gasteiger partial charge < -0.3 is 10.7 Å². The van der Waals surface area contributed by atoms with Crippen LogP contribution in [0.1, 0.15) is 37.2 Å². The first-order chi connectivity index (χ1) is 8.98. The lowest BCUT2D eigenvalue weighted by Gasteiger charge is -2.20. The van der Waals surface area contributed by atoms with Gasteiger partial charge in [0.25, 0.3) is 5.91 Å². The van der Waals surface area contributed by atoms with Gasteiger partial charge in [-0.2, -0.15) is 0 Å². The lowest BCUT2D eigenvalue weighted by Crippen LogP contribution is -2.33. The summed E-state index contributed by atoms with van der Waals surface area (Å²) in [6.45, 7) is 5.04. The number of amides is 1. The van der Waals surface area contributed by atoms with Gasteiger partial charge in [0, 0.05) is 6.54 Å². The molecular weight excluding hydrogens is 264 g/mol. The third-order valence-electron chi connectivity index (χ3n) is 3.93. The number of anilines is 1. The number of rotatable bonds is 5. The lowest BCUT2D eigenvalue weighted by molar-refractivity contribution is 0.0935. The van der Waals surface area contributed by atoms with E-state index >= 15 is 0 Å². The molecule has 1 aromatic heterocycles. The highest BCUT2D eigenvalue weighted by atomic mass is 35.5. The van der Waals surface area contributed by atoms with Gasteiger partial charge >= 0.3 is 0 Å². The summed E-state index contributed by atoms with van der Waals surface area (Å²) >= 11 is 5.98. The number of nitrogens with one attached hydrogen (secondary N) is 2. The summed E-state index contributed by atoms with van der Waals surface area (Å²) in [6, 6.07) is 3.23. The quantitative estimate of drug-likeness (QED) is 0.571. The summed E-state index contributed by atoms with van der Waals surface area (Å²) < 4.78 is 0. The maximum absolute atomic E-state index is 12.1. The van der Waals surface area contributed by atoms with Gasteiger partial charge in [0.2, 0.25) is 0 Å². The van der Waals surface area contributed by atoms with Crippen molar-refractivity contribution in [2.45, 2.75) is 26.7 Å². The zero-order valence-electron chi connectivity index (χ0n) is 11.2. The first-order valence-corrected chi connectivity index (χ1v) is 6.78. The summed E-state index contributed by atoms with van der Waals surface area (Å²) in [6.07, 6.45) is 2.33. The fraction of sp³-hybridized carbons (Fsp3) is 0.538. The van der Waals surface area contributed by atoms with Crippen LogP contribution in [0.4, 0.5) is 5.82 Å². The van der Waals surface area contributed by atoms with Crippen molar-refractivity contribution in [2.75, 3.05) is 12.0 Å². The number of halogens is 1. The Balaban J connectivity index is 2.04. The van der Waals surface area contributed by atoms with Crippen LogP contribution >= 0.6 is 11.6 Å². The predicted octanol–water partition coefficient (Wildman–Crippen LogP) is 2.19. The van der Waals surface area contributed by atoms with Crippen molar-refractivity contribution in [1.29, 1.82) is 0 Å². The second-order valence-electron chi connectivity index (χ2n) is 5.37. The Morgan fingerprint density at radius 3 is 2.74 bits per heavy atom. The number of hydrazine groups is 1. The SMILES string of the molecule is CC(C)C1(CNC(=O)c2nc(NN)ccc2Cl)CC1. The smallest absolute Gasteiger partial charge is 0.271 e. The Labute approximate surface area is 117 Å². The Bertz CT molecular complexity index is 486. The average Bonchev–Trinajstić information content (AvgIpc) is 3.18. The molecule has 1 aromatic rings. The molecule has 5 nitrogen and oxygen atoms in total. The predicted molar refractivity (Wildman–Crippen MR) is 75.9 cm³/mol. The molecule has 2 rings (SSSR count). The summed E-state index contributed by atoms with van der Waals surface area (Å²) in [5.74, 6) is 6.00. The minimum atomic E-state index is -0.256. The second-order valence-corrected chi connectivity index (χ2v) is 5.78. The Kier molecular flexibility index (Phi) is 3.96. The molecule has 1 aliphatic carbocycles. The van der Waals surface area contributed by atoms with Gasteiger partial charge in [-0.1, -0.05) is 25.4 Å². The minimum Gasteiger partial charge on any atom is -0.350 e. The normalized spacial score (nSPS) is 16.3. The van der Waals surface area contributed by atoms with Gasteiger partial charge in [-0.3, -0.25) is 4.79 Å². The zero-order chi connectivity index (χ0) is 14.0. The Morgan fingerprint density at radius 1 is 1.53 bits per heavy atom. The van der Waals surface area contributed by atoms with E-state index in [-0.39, 0.29) is 17.0 Å². The van der Waals surface area contributed by atoms with Crippen LogP contribution in [0.5, 0.6) is 0 Å². The number of aromatic nitrogens is 1. The summed E-state index contributed by atoms with van der Waals surface area (Å²) in [5, 5.41) is 3.25. The van der Waals surface area contributed by atoms with E-state index in [9.17, 15) is 4.79 Å². The van der Waals surface area contributed by atoms with Gasteiger partial charge in [-0.05, 0) is 36.3 Å². The van der Waals surface area contributed by atoms with Crippen LogP contribution in [-0.2, 0) is 0 Å². The highest BCUT2D eigenvalue weighted by Crippen LogP contribution is 2.51. The number of nitrogens with two attached hydrogens (primary N) is 1. The highest BCUT2D eigenvalue weighted by molar-refractivity contribution is 6.33. The molecule has 1 fully saturated rings. The molecule has 104 valence electrons. The van der Waals surface area contributed by atoms with E-state index in [1.165, 1.54) is 0 Å². The van der Waals surface area contributed by atoms with Crippen LogP contribution < -0.4 is 16.6 Å². The molecule has 19 heavy (non-hydrogen) atoms. The van der Waals surface area contributed by atoms with E-state index in [1.54, 1.807) is 12.1 Å². The molecule has 0 radical (unpaired) electrons. The van der Waals surface area contributed by atoms with E-state index in [2.05, 4.69) is 29.6 Å². The maximum Gasteiger partial charge on any atom is 0.271 e. The molecule has 0 atom stereocenters. The first-order valence-electron chi connectivity index (χ1n) is 6.40. The number of nitrogen functional groups attached to an aromatic ring is 1.